The summed E-state index contributed by atoms with van der Waals surface area (Å²) in [5.41, 5.74) is 7.55. The zero-order chi connectivity index (χ0) is 12.8. The van der Waals surface area contributed by atoms with Gasteiger partial charge in [0.15, 0.2) is 5.69 Å². The highest BCUT2D eigenvalue weighted by atomic mass is 16.1. The molecule has 4 nitrogen and oxygen atoms in total. The first-order valence-electron chi connectivity index (χ1n) is 5.80. The van der Waals surface area contributed by atoms with Crippen molar-refractivity contribution in [3.05, 3.63) is 59.9 Å². The van der Waals surface area contributed by atoms with Crippen molar-refractivity contribution in [1.82, 2.24) is 10.3 Å². The van der Waals surface area contributed by atoms with Crippen molar-refractivity contribution < 1.29 is 4.79 Å². The number of aromatic nitrogens is 1. The van der Waals surface area contributed by atoms with Gasteiger partial charge in [0.25, 0.3) is 5.91 Å². The zero-order valence-corrected chi connectivity index (χ0v) is 9.97. The average molecular weight is 241 g/mol. The van der Waals surface area contributed by atoms with Crippen LogP contribution in [0.25, 0.3) is 0 Å². The summed E-state index contributed by atoms with van der Waals surface area (Å²) in [6.07, 6.45) is 2.35. The van der Waals surface area contributed by atoms with E-state index in [1.54, 1.807) is 18.3 Å². The number of nitrogens with zero attached hydrogens (tertiary/aromatic N) is 1. The Labute approximate surface area is 106 Å². The van der Waals surface area contributed by atoms with Crippen molar-refractivity contribution in [3.63, 3.8) is 0 Å². The van der Waals surface area contributed by atoms with E-state index < -0.39 is 0 Å². The van der Waals surface area contributed by atoms with Gasteiger partial charge in [0.2, 0.25) is 0 Å². The minimum Gasteiger partial charge on any atom is -0.397 e. The summed E-state index contributed by atoms with van der Waals surface area (Å²) in [6, 6.07) is 13.4. The third-order valence-electron chi connectivity index (χ3n) is 2.60. The Bertz CT molecular complexity index is 526. The van der Waals surface area contributed by atoms with Crippen LogP contribution < -0.4 is 11.1 Å². The predicted octanol–water partition coefficient (Wildman–Crippen LogP) is 1.64. The summed E-state index contributed by atoms with van der Waals surface area (Å²) in [5.74, 6) is -0.232. The molecule has 0 saturated carbocycles. The quantitative estimate of drug-likeness (QED) is 0.855. The number of pyridine rings is 1. The molecule has 3 N–H and O–H groups in total. The van der Waals surface area contributed by atoms with Gasteiger partial charge in [0, 0.05) is 12.7 Å². The van der Waals surface area contributed by atoms with Crippen LogP contribution >= 0.6 is 0 Å². The molecule has 0 unspecified atom stereocenters. The lowest BCUT2D eigenvalue weighted by molar-refractivity contribution is 0.0950. The standard InChI is InChI=1S/C14H15N3O/c15-12-7-4-9-16-13(12)14(18)17-10-8-11-5-2-1-3-6-11/h1-7,9H,8,10,15H2,(H,17,18). The number of carbonyl (C=O) groups excluding carboxylic acids is 1. The molecule has 0 bridgehead atoms. The van der Waals surface area contributed by atoms with Gasteiger partial charge in [-0.05, 0) is 24.1 Å². The van der Waals surface area contributed by atoms with E-state index in [2.05, 4.69) is 10.3 Å². The minimum absolute atomic E-state index is 0.232. The Kier molecular flexibility index (Phi) is 3.91. The van der Waals surface area contributed by atoms with Crippen molar-refractivity contribution in [2.45, 2.75) is 6.42 Å². The maximum atomic E-state index is 11.8. The first-order valence-corrected chi connectivity index (χ1v) is 5.80. The van der Waals surface area contributed by atoms with E-state index in [0.29, 0.717) is 12.2 Å². The van der Waals surface area contributed by atoms with Crippen LogP contribution in [0.2, 0.25) is 0 Å². The number of rotatable bonds is 4. The third-order valence-corrected chi connectivity index (χ3v) is 2.60. The van der Waals surface area contributed by atoms with E-state index in [-0.39, 0.29) is 11.6 Å². The minimum atomic E-state index is -0.232. The second-order valence-corrected chi connectivity index (χ2v) is 3.93. The van der Waals surface area contributed by atoms with E-state index in [0.717, 1.165) is 6.42 Å². The number of nitrogens with one attached hydrogen (secondary N) is 1. The first-order chi connectivity index (χ1) is 8.77. The summed E-state index contributed by atoms with van der Waals surface area (Å²) < 4.78 is 0. The lowest BCUT2D eigenvalue weighted by Crippen LogP contribution is -2.27. The van der Waals surface area contributed by atoms with Gasteiger partial charge >= 0.3 is 0 Å². The SMILES string of the molecule is Nc1cccnc1C(=O)NCCc1ccccc1. The van der Waals surface area contributed by atoms with Crippen molar-refractivity contribution in [3.8, 4) is 0 Å². The van der Waals surface area contributed by atoms with Crippen molar-refractivity contribution >= 4 is 11.6 Å². The molecule has 1 aromatic carbocycles. The molecule has 2 rings (SSSR count). The molecule has 18 heavy (non-hydrogen) atoms. The monoisotopic (exact) mass is 241 g/mol. The fraction of sp³-hybridized carbons (Fsp3) is 0.143. The van der Waals surface area contributed by atoms with Crippen LogP contribution in [-0.2, 0) is 6.42 Å². The Morgan fingerprint density at radius 1 is 1.17 bits per heavy atom. The van der Waals surface area contributed by atoms with Crippen molar-refractivity contribution in [2.75, 3.05) is 12.3 Å². The van der Waals surface area contributed by atoms with E-state index in [9.17, 15) is 4.79 Å². The van der Waals surface area contributed by atoms with Crippen LogP contribution in [0, 0.1) is 0 Å². The Morgan fingerprint density at radius 3 is 2.67 bits per heavy atom. The molecule has 1 amide bonds. The summed E-state index contributed by atoms with van der Waals surface area (Å²) in [5, 5.41) is 2.81. The van der Waals surface area contributed by atoms with Crippen LogP contribution in [0.15, 0.2) is 48.7 Å². The molecular weight excluding hydrogens is 226 g/mol. The van der Waals surface area contributed by atoms with Gasteiger partial charge in [-0.2, -0.15) is 0 Å². The number of amides is 1. The number of hydrogen-bond donors (Lipinski definition) is 2. The topological polar surface area (TPSA) is 68.0 Å². The second-order valence-electron chi connectivity index (χ2n) is 3.93. The fourth-order valence-electron chi connectivity index (χ4n) is 1.66. The Balaban J connectivity index is 1.88. The van der Waals surface area contributed by atoms with Gasteiger partial charge < -0.3 is 11.1 Å². The third kappa shape index (κ3) is 3.07. The molecule has 0 aliphatic carbocycles. The first kappa shape index (κ1) is 12.1. The van der Waals surface area contributed by atoms with Crippen LogP contribution in [-0.4, -0.2) is 17.4 Å². The zero-order valence-electron chi connectivity index (χ0n) is 9.97. The highest BCUT2D eigenvalue weighted by Gasteiger charge is 2.09. The molecule has 0 radical (unpaired) electrons. The maximum absolute atomic E-state index is 11.8. The van der Waals surface area contributed by atoms with Gasteiger partial charge in [0.1, 0.15) is 0 Å². The van der Waals surface area contributed by atoms with Crippen LogP contribution in [0.1, 0.15) is 16.1 Å². The van der Waals surface area contributed by atoms with Gasteiger partial charge in [0.05, 0.1) is 5.69 Å². The second kappa shape index (κ2) is 5.82. The molecule has 92 valence electrons. The lowest BCUT2D eigenvalue weighted by atomic mass is 10.1. The predicted molar refractivity (Wildman–Crippen MR) is 71.1 cm³/mol. The van der Waals surface area contributed by atoms with Crippen LogP contribution in [0.4, 0.5) is 5.69 Å². The number of hydrogen-bond acceptors (Lipinski definition) is 3. The molecule has 0 aliphatic heterocycles. The van der Waals surface area contributed by atoms with Gasteiger partial charge in [-0.15, -0.1) is 0 Å². The van der Waals surface area contributed by atoms with E-state index in [1.807, 2.05) is 30.3 Å². The molecule has 0 fully saturated rings. The van der Waals surface area contributed by atoms with Crippen LogP contribution in [0.5, 0.6) is 0 Å². The fourth-order valence-corrected chi connectivity index (χ4v) is 1.66. The number of carbonyl (C=O) groups is 1. The summed E-state index contributed by atoms with van der Waals surface area (Å²) >= 11 is 0. The lowest BCUT2D eigenvalue weighted by Gasteiger charge is -2.06. The molecule has 0 spiro atoms. The molecule has 0 atom stereocenters. The summed E-state index contributed by atoms with van der Waals surface area (Å²) in [4.78, 5) is 15.8. The van der Waals surface area contributed by atoms with Gasteiger partial charge in [-0.3, -0.25) is 4.79 Å². The highest BCUT2D eigenvalue weighted by Crippen LogP contribution is 2.06. The smallest absolute Gasteiger partial charge is 0.272 e. The molecule has 1 aromatic heterocycles. The van der Waals surface area contributed by atoms with Gasteiger partial charge in [-0.1, -0.05) is 30.3 Å². The van der Waals surface area contributed by atoms with Crippen molar-refractivity contribution in [2.24, 2.45) is 0 Å². The number of anilines is 1. The van der Waals surface area contributed by atoms with E-state index in [1.165, 1.54) is 5.56 Å². The van der Waals surface area contributed by atoms with E-state index in [4.69, 9.17) is 5.73 Å². The molecular formula is C14H15N3O. The van der Waals surface area contributed by atoms with E-state index >= 15 is 0 Å². The molecule has 2 aromatic rings. The summed E-state index contributed by atoms with van der Waals surface area (Å²) in [6.45, 7) is 0.568. The highest BCUT2D eigenvalue weighted by molar-refractivity contribution is 5.96. The number of benzene rings is 1. The Morgan fingerprint density at radius 2 is 1.94 bits per heavy atom. The van der Waals surface area contributed by atoms with Gasteiger partial charge in [-0.25, -0.2) is 4.98 Å². The summed E-state index contributed by atoms with van der Waals surface area (Å²) in [7, 11) is 0. The number of nitrogens with two attached hydrogens (primary N) is 1. The largest absolute Gasteiger partial charge is 0.397 e. The molecule has 0 aliphatic rings. The molecule has 4 heteroatoms. The molecule has 1 heterocycles. The maximum Gasteiger partial charge on any atom is 0.272 e. The average Bonchev–Trinajstić information content (AvgIpc) is 2.40. The van der Waals surface area contributed by atoms with Crippen LogP contribution in [0.3, 0.4) is 0 Å². The molecule has 0 saturated heterocycles. The normalized spacial score (nSPS) is 10.0. The Hall–Kier alpha value is -2.36. The number of nitrogen functional groups attached to an aromatic ring is 1. The van der Waals surface area contributed by atoms with Crippen molar-refractivity contribution in [1.29, 1.82) is 0 Å².